The van der Waals surface area contributed by atoms with Crippen LogP contribution in [-0.4, -0.2) is 22.3 Å². The molecule has 0 aliphatic carbocycles. The van der Waals surface area contributed by atoms with Gasteiger partial charge in [-0.25, -0.2) is 4.68 Å². The Morgan fingerprint density at radius 2 is 2.00 bits per heavy atom. The van der Waals surface area contributed by atoms with Gasteiger partial charge in [-0.3, -0.25) is 4.79 Å². The molecule has 0 atom stereocenters. The molecule has 5 nitrogen and oxygen atoms in total. The second kappa shape index (κ2) is 8.38. The van der Waals surface area contributed by atoms with E-state index in [-0.39, 0.29) is 12.5 Å². The van der Waals surface area contributed by atoms with Crippen LogP contribution in [0.1, 0.15) is 11.1 Å². The first-order valence-corrected chi connectivity index (χ1v) is 9.13. The third-order valence-electron chi connectivity index (χ3n) is 3.68. The molecule has 0 unspecified atom stereocenters. The summed E-state index contributed by atoms with van der Waals surface area (Å²) in [6.45, 7) is 2.43. The molecule has 0 aliphatic rings. The summed E-state index contributed by atoms with van der Waals surface area (Å²) in [5.41, 5.74) is 2.15. The Hall–Kier alpha value is -2.31. The molecular formula is C19H17BrClN3O2. The second-order valence-corrected chi connectivity index (χ2v) is 7.06. The van der Waals surface area contributed by atoms with Crippen LogP contribution >= 0.6 is 27.5 Å². The number of nitrogens with one attached hydrogen (secondary N) is 1. The van der Waals surface area contributed by atoms with E-state index in [2.05, 4.69) is 26.3 Å². The zero-order valence-electron chi connectivity index (χ0n) is 14.1. The maximum Gasteiger partial charge on any atom is 0.263 e. The van der Waals surface area contributed by atoms with Crippen LogP contribution in [-0.2, 0) is 11.3 Å². The average molecular weight is 435 g/mol. The predicted molar refractivity (Wildman–Crippen MR) is 106 cm³/mol. The standard InChI is InChI=1S/C19H17BrClN3O2/c1-13-2-7-17(16(20)10-13)26-12-19(25)23-18-8-9-22-24(18)11-14-3-5-15(21)6-4-14/h2-10H,11-12H2,1H3,(H,23,25). The topological polar surface area (TPSA) is 56.1 Å². The van der Waals surface area contributed by atoms with Gasteiger partial charge in [-0.1, -0.05) is 29.8 Å². The van der Waals surface area contributed by atoms with Crippen LogP contribution in [0.3, 0.4) is 0 Å². The Morgan fingerprint density at radius 3 is 2.73 bits per heavy atom. The first kappa shape index (κ1) is 18.5. The van der Waals surface area contributed by atoms with Crippen LogP contribution in [0.25, 0.3) is 0 Å². The van der Waals surface area contributed by atoms with Gasteiger partial charge < -0.3 is 10.1 Å². The van der Waals surface area contributed by atoms with Gasteiger partial charge in [0, 0.05) is 11.1 Å². The zero-order chi connectivity index (χ0) is 18.5. The quantitative estimate of drug-likeness (QED) is 0.613. The fourth-order valence-corrected chi connectivity index (χ4v) is 3.11. The molecule has 26 heavy (non-hydrogen) atoms. The lowest BCUT2D eigenvalue weighted by atomic mass is 10.2. The van der Waals surface area contributed by atoms with Crippen molar-refractivity contribution < 1.29 is 9.53 Å². The molecule has 1 aromatic heterocycles. The minimum atomic E-state index is -0.254. The molecule has 0 saturated carbocycles. The monoisotopic (exact) mass is 433 g/mol. The lowest BCUT2D eigenvalue weighted by molar-refractivity contribution is -0.118. The number of carbonyl (C=O) groups is 1. The first-order valence-electron chi connectivity index (χ1n) is 7.96. The third kappa shape index (κ3) is 4.86. The average Bonchev–Trinajstić information content (AvgIpc) is 3.03. The number of rotatable bonds is 6. The summed E-state index contributed by atoms with van der Waals surface area (Å²) in [5, 5.41) is 7.75. The number of halogens is 2. The molecule has 2 aromatic carbocycles. The number of hydrogen-bond acceptors (Lipinski definition) is 3. The summed E-state index contributed by atoms with van der Waals surface area (Å²) < 4.78 is 8.10. The number of carbonyl (C=O) groups excluding carboxylic acids is 1. The van der Waals surface area contributed by atoms with Crippen molar-refractivity contribution in [2.24, 2.45) is 0 Å². The maximum atomic E-state index is 12.2. The maximum absolute atomic E-state index is 12.2. The Balaban J connectivity index is 1.59. The van der Waals surface area contributed by atoms with E-state index in [4.69, 9.17) is 16.3 Å². The molecule has 3 rings (SSSR count). The number of amides is 1. The van der Waals surface area contributed by atoms with Crippen molar-refractivity contribution in [2.75, 3.05) is 11.9 Å². The van der Waals surface area contributed by atoms with Crippen LogP contribution in [0.2, 0.25) is 5.02 Å². The van der Waals surface area contributed by atoms with Crippen molar-refractivity contribution in [3.63, 3.8) is 0 Å². The minimum absolute atomic E-state index is 0.0895. The van der Waals surface area contributed by atoms with Crippen molar-refractivity contribution in [3.05, 3.63) is 75.4 Å². The summed E-state index contributed by atoms with van der Waals surface area (Å²) in [7, 11) is 0. The lowest BCUT2D eigenvalue weighted by Crippen LogP contribution is -2.22. The molecule has 1 heterocycles. The van der Waals surface area contributed by atoms with E-state index in [1.54, 1.807) is 16.9 Å². The lowest BCUT2D eigenvalue weighted by Gasteiger charge is -2.11. The first-order chi connectivity index (χ1) is 12.5. The van der Waals surface area contributed by atoms with Crippen molar-refractivity contribution >= 4 is 39.3 Å². The zero-order valence-corrected chi connectivity index (χ0v) is 16.4. The summed E-state index contributed by atoms with van der Waals surface area (Å²) in [5.74, 6) is 0.979. The van der Waals surface area contributed by atoms with E-state index in [9.17, 15) is 4.79 Å². The Bertz CT molecular complexity index is 909. The van der Waals surface area contributed by atoms with E-state index in [0.29, 0.717) is 23.1 Å². The van der Waals surface area contributed by atoms with Crippen LogP contribution in [0.5, 0.6) is 5.75 Å². The van der Waals surface area contributed by atoms with Gasteiger partial charge in [-0.2, -0.15) is 5.10 Å². The highest BCUT2D eigenvalue weighted by atomic mass is 79.9. The van der Waals surface area contributed by atoms with Gasteiger partial charge >= 0.3 is 0 Å². The molecule has 0 fully saturated rings. The number of anilines is 1. The summed E-state index contributed by atoms with van der Waals surface area (Å²) in [6.07, 6.45) is 1.64. The van der Waals surface area contributed by atoms with Gasteiger partial charge in [0.15, 0.2) is 6.61 Å². The molecule has 1 N–H and O–H groups in total. The molecule has 0 spiro atoms. The molecule has 134 valence electrons. The normalized spacial score (nSPS) is 10.6. The van der Waals surface area contributed by atoms with Crippen molar-refractivity contribution in [2.45, 2.75) is 13.5 Å². The van der Waals surface area contributed by atoms with Gasteiger partial charge in [0.1, 0.15) is 11.6 Å². The molecule has 7 heteroatoms. The number of aromatic nitrogens is 2. The Labute approximate surface area is 165 Å². The van der Waals surface area contributed by atoms with Gasteiger partial charge in [-0.05, 0) is 58.2 Å². The van der Waals surface area contributed by atoms with E-state index in [1.807, 2.05) is 49.4 Å². The van der Waals surface area contributed by atoms with Gasteiger partial charge in [0.25, 0.3) is 5.91 Å². The molecule has 0 bridgehead atoms. The molecule has 0 saturated heterocycles. The molecular weight excluding hydrogens is 418 g/mol. The fraction of sp³-hybridized carbons (Fsp3) is 0.158. The minimum Gasteiger partial charge on any atom is -0.483 e. The largest absolute Gasteiger partial charge is 0.483 e. The summed E-state index contributed by atoms with van der Waals surface area (Å²) >= 11 is 9.33. The van der Waals surface area contributed by atoms with Crippen molar-refractivity contribution in [3.8, 4) is 5.75 Å². The van der Waals surface area contributed by atoms with Crippen LogP contribution in [0, 0.1) is 6.92 Å². The number of hydrogen-bond donors (Lipinski definition) is 1. The van der Waals surface area contributed by atoms with E-state index in [1.165, 1.54) is 0 Å². The van der Waals surface area contributed by atoms with E-state index >= 15 is 0 Å². The molecule has 3 aromatic rings. The highest BCUT2D eigenvalue weighted by Gasteiger charge is 2.10. The molecule has 1 amide bonds. The third-order valence-corrected chi connectivity index (χ3v) is 4.55. The number of nitrogens with zero attached hydrogens (tertiary/aromatic N) is 2. The Morgan fingerprint density at radius 1 is 1.23 bits per heavy atom. The predicted octanol–water partition coefficient (Wildman–Crippen LogP) is 4.67. The smallest absolute Gasteiger partial charge is 0.263 e. The van der Waals surface area contributed by atoms with Crippen LogP contribution < -0.4 is 10.1 Å². The van der Waals surface area contributed by atoms with Crippen molar-refractivity contribution in [1.82, 2.24) is 9.78 Å². The van der Waals surface area contributed by atoms with Gasteiger partial charge in [0.05, 0.1) is 17.2 Å². The van der Waals surface area contributed by atoms with E-state index in [0.717, 1.165) is 15.6 Å². The molecule has 0 aliphatic heterocycles. The molecule has 0 radical (unpaired) electrons. The SMILES string of the molecule is Cc1ccc(OCC(=O)Nc2ccnn2Cc2ccc(Cl)cc2)c(Br)c1. The Kier molecular flexibility index (Phi) is 5.96. The van der Waals surface area contributed by atoms with Crippen molar-refractivity contribution in [1.29, 1.82) is 0 Å². The highest BCUT2D eigenvalue weighted by molar-refractivity contribution is 9.10. The van der Waals surface area contributed by atoms with Gasteiger partial charge in [-0.15, -0.1) is 0 Å². The fourth-order valence-electron chi connectivity index (χ4n) is 2.37. The highest BCUT2D eigenvalue weighted by Crippen LogP contribution is 2.25. The summed E-state index contributed by atoms with van der Waals surface area (Å²) in [6, 6.07) is 14.9. The van der Waals surface area contributed by atoms with Crippen LogP contribution in [0.15, 0.2) is 59.2 Å². The second-order valence-electron chi connectivity index (χ2n) is 5.77. The van der Waals surface area contributed by atoms with Gasteiger partial charge in [0.2, 0.25) is 0 Å². The summed E-state index contributed by atoms with van der Waals surface area (Å²) in [4.78, 5) is 12.2. The van der Waals surface area contributed by atoms with E-state index < -0.39 is 0 Å². The number of ether oxygens (including phenoxy) is 1. The number of benzene rings is 2. The van der Waals surface area contributed by atoms with Crippen LogP contribution in [0.4, 0.5) is 5.82 Å². The number of aryl methyl sites for hydroxylation is 1.